The number of amides is 1. The first-order valence-corrected chi connectivity index (χ1v) is 10.4. The van der Waals surface area contributed by atoms with E-state index in [9.17, 15) is 13.2 Å². The lowest BCUT2D eigenvalue weighted by molar-refractivity contribution is 0.100. The highest BCUT2D eigenvalue weighted by Gasteiger charge is 2.25. The van der Waals surface area contributed by atoms with Gasteiger partial charge in [0.05, 0.1) is 35.1 Å². The average molecular weight is 372 g/mol. The van der Waals surface area contributed by atoms with E-state index in [0.717, 1.165) is 34.0 Å². The Bertz CT molecular complexity index is 1050. The minimum atomic E-state index is -2.87. The summed E-state index contributed by atoms with van der Waals surface area (Å²) in [5.74, 6) is 0.351. The number of H-pyrrole nitrogens is 1. The topological polar surface area (TPSA) is 106 Å². The zero-order valence-electron chi connectivity index (χ0n) is 14.2. The zero-order valence-corrected chi connectivity index (χ0v) is 15.0. The number of fused-ring (bicyclic) bond motifs is 1. The fourth-order valence-corrected chi connectivity index (χ4v) is 5.29. The molecular weight excluding hydrogens is 352 g/mol. The summed E-state index contributed by atoms with van der Waals surface area (Å²) in [6, 6.07) is 5.63. The van der Waals surface area contributed by atoms with Crippen LogP contribution in [0.5, 0.6) is 0 Å². The number of primary amides is 1. The van der Waals surface area contributed by atoms with Gasteiger partial charge in [-0.2, -0.15) is 0 Å². The Kier molecular flexibility index (Phi) is 4.11. The van der Waals surface area contributed by atoms with Crippen molar-refractivity contribution in [2.45, 2.75) is 19.3 Å². The van der Waals surface area contributed by atoms with Crippen LogP contribution in [0, 0.1) is 5.92 Å². The molecule has 136 valence electrons. The molecule has 1 aliphatic heterocycles. The molecule has 1 saturated heterocycles. The predicted octanol–water partition coefficient (Wildman–Crippen LogP) is 2.89. The third-order valence-electron chi connectivity index (χ3n) is 5.18. The number of carbonyl (C=O) groups excluding carboxylic acids is 1. The Morgan fingerprint density at radius 2 is 2.00 bits per heavy atom. The highest BCUT2D eigenvalue weighted by molar-refractivity contribution is 7.91. The van der Waals surface area contributed by atoms with Crippen LogP contribution in [-0.2, 0) is 16.3 Å². The third-order valence-corrected chi connectivity index (χ3v) is 6.89. The Morgan fingerprint density at radius 1 is 1.23 bits per heavy atom. The molecule has 3 aromatic rings. The van der Waals surface area contributed by atoms with Gasteiger partial charge in [0, 0.05) is 17.1 Å². The van der Waals surface area contributed by atoms with E-state index in [1.54, 1.807) is 18.6 Å². The maximum atomic E-state index is 11.9. The minimum absolute atomic E-state index is 0.257. The molecule has 2 aromatic heterocycles. The lowest BCUT2D eigenvalue weighted by Crippen LogP contribution is -2.24. The number of hydrogen-bond acceptors (Lipinski definition) is 4. The summed E-state index contributed by atoms with van der Waals surface area (Å²) in [6.45, 7) is 0. The standard InChI is InChI=1S/C19H20N2O4S/c20-19(22)17-9-14(13-1-4-25-11-13)8-16-15(10-21-18(16)17)7-12-2-5-26(23,24)6-3-12/h1,4,8-12,21H,2-3,5-7H2,(H2,20,22). The van der Waals surface area contributed by atoms with Crippen molar-refractivity contribution >= 4 is 26.6 Å². The predicted molar refractivity (Wildman–Crippen MR) is 99.6 cm³/mol. The second-order valence-corrected chi connectivity index (χ2v) is 9.24. The summed E-state index contributed by atoms with van der Waals surface area (Å²) in [6.07, 6.45) is 7.26. The van der Waals surface area contributed by atoms with Gasteiger partial charge in [-0.15, -0.1) is 0 Å². The van der Waals surface area contributed by atoms with Crippen LogP contribution in [0.1, 0.15) is 28.8 Å². The number of nitrogens with one attached hydrogen (secondary N) is 1. The molecule has 0 unspecified atom stereocenters. The molecule has 0 atom stereocenters. The molecule has 1 aliphatic rings. The van der Waals surface area contributed by atoms with Gasteiger partial charge in [0.2, 0.25) is 0 Å². The highest BCUT2D eigenvalue weighted by Crippen LogP contribution is 2.32. The van der Waals surface area contributed by atoms with Gasteiger partial charge >= 0.3 is 0 Å². The number of furan rings is 1. The van der Waals surface area contributed by atoms with Gasteiger partial charge in [0.1, 0.15) is 9.84 Å². The molecule has 26 heavy (non-hydrogen) atoms. The van der Waals surface area contributed by atoms with E-state index in [1.165, 1.54) is 0 Å². The fourth-order valence-electron chi connectivity index (χ4n) is 3.70. The van der Waals surface area contributed by atoms with Crippen molar-refractivity contribution in [3.63, 3.8) is 0 Å². The maximum absolute atomic E-state index is 11.9. The number of carbonyl (C=O) groups is 1. The summed E-state index contributed by atoms with van der Waals surface area (Å²) in [7, 11) is -2.87. The van der Waals surface area contributed by atoms with Gasteiger partial charge in [-0.25, -0.2) is 8.42 Å². The fraction of sp³-hybridized carbons (Fsp3) is 0.316. The molecule has 0 bridgehead atoms. The molecule has 0 aliphatic carbocycles. The Balaban J connectivity index is 1.73. The van der Waals surface area contributed by atoms with E-state index >= 15 is 0 Å². The molecule has 4 rings (SSSR count). The first-order chi connectivity index (χ1) is 12.4. The maximum Gasteiger partial charge on any atom is 0.250 e. The average Bonchev–Trinajstić information content (AvgIpc) is 3.26. The van der Waals surface area contributed by atoms with E-state index < -0.39 is 15.7 Å². The monoisotopic (exact) mass is 372 g/mol. The number of benzene rings is 1. The van der Waals surface area contributed by atoms with Crippen molar-refractivity contribution in [2.24, 2.45) is 11.7 Å². The molecule has 1 amide bonds. The molecule has 0 radical (unpaired) electrons. The van der Waals surface area contributed by atoms with Crippen LogP contribution in [0.2, 0.25) is 0 Å². The van der Waals surface area contributed by atoms with Gasteiger partial charge < -0.3 is 15.1 Å². The molecule has 0 spiro atoms. The van der Waals surface area contributed by atoms with Crippen LogP contribution in [-0.4, -0.2) is 30.8 Å². The smallest absolute Gasteiger partial charge is 0.250 e. The molecule has 3 heterocycles. The van der Waals surface area contributed by atoms with Crippen LogP contribution in [0.3, 0.4) is 0 Å². The van der Waals surface area contributed by atoms with Gasteiger partial charge in [-0.05, 0) is 54.5 Å². The quantitative estimate of drug-likeness (QED) is 0.734. The van der Waals surface area contributed by atoms with E-state index in [2.05, 4.69) is 4.98 Å². The van der Waals surface area contributed by atoms with Crippen molar-refractivity contribution < 1.29 is 17.6 Å². The normalized spacial score (nSPS) is 17.5. The second kappa shape index (κ2) is 6.32. The van der Waals surface area contributed by atoms with Crippen LogP contribution < -0.4 is 5.73 Å². The largest absolute Gasteiger partial charge is 0.472 e. The molecular formula is C19H20N2O4S. The van der Waals surface area contributed by atoms with Crippen molar-refractivity contribution in [3.8, 4) is 11.1 Å². The number of rotatable bonds is 4. The first-order valence-electron chi connectivity index (χ1n) is 8.60. The Morgan fingerprint density at radius 3 is 2.65 bits per heavy atom. The second-order valence-electron chi connectivity index (χ2n) is 6.94. The van der Waals surface area contributed by atoms with Crippen molar-refractivity contribution in [3.05, 3.63) is 48.0 Å². The molecule has 0 saturated carbocycles. The lowest BCUT2D eigenvalue weighted by atomic mass is 9.92. The third kappa shape index (κ3) is 3.14. The number of sulfone groups is 1. The SMILES string of the molecule is NC(=O)c1cc(-c2ccoc2)cc2c(CC3CCS(=O)(=O)CC3)c[nH]c12. The van der Waals surface area contributed by atoms with Crippen molar-refractivity contribution in [1.82, 2.24) is 4.98 Å². The summed E-state index contributed by atoms with van der Waals surface area (Å²) in [4.78, 5) is 15.1. The summed E-state index contributed by atoms with van der Waals surface area (Å²) in [5, 5.41) is 0.950. The summed E-state index contributed by atoms with van der Waals surface area (Å²) in [5.41, 5.74) is 9.57. The van der Waals surface area contributed by atoms with Crippen LogP contribution in [0.15, 0.2) is 41.3 Å². The van der Waals surface area contributed by atoms with E-state index in [4.69, 9.17) is 10.2 Å². The first kappa shape index (κ1) is 16.9. The summed E-state index contributed by atoms with van der Waals surface area (Å²) < 4.78 is 28.4. The molecule has 3 N–H and O–H groups in total. The Hall–Kier alpha value is -2.54. The van der Waals surface area contributed by atoms with E-state index in [1.807, 2.05) is 18.3 Å². The number of hydrogen-bond donors (Lipinski definition) is 2. The molecule has 1 aromatic carbocycles. The molecule has 1 fully saturated rings. The van der Waals surface area contributed by atoms with E-state index in [0.29, 0.717) is 24.3 Å². The van der Waals surface area contributed by atoms with Gasteiger partial charge in [0.15, 0.2) is 0 Å². The minimum Gasteiger partial charge on any atom is -0.472 e. The zero-order chi connectivity index (χ0) is 18.3. The summed E-state index contributed by atoms with van der Waals surface area (Å²) >= 11 is 0. The van der Waals surface area contributed by atoms with Gasteiger partial charge in [0.25, 0.3) is 5.91 Å². The lowest BCUT2D eigenvalue weighted by Gasteiger charge is -2.21. The van der Waals surface area contributed by atoms with Gasteiger partial charge in [-0.3, -0.25) is 4.79 Å². The number of nitrogens with two attached hydrogens (primary N) is 1. The number of aromatic nitrogens is 1. The molecule has 7 heteroatoms. The van der Waals surface area contributed by atoms with Crippen molar-refractivity contribution in [1.29, 1.82) is 0 Å². The Labute approximate surface area is 151 Å². The molecule has 6 nitrogen and oxygen atoms in total. The highest BCUT2D eigenvalue weighted by atomic mass is 32.2. The van der Waals surface area contributed by atoms with Crippen LogP contribution in [0.4, 0.5) is 0 Å². The number of aromatic amines is 1. The van der Waals surface area contributed by atoms with Crippen LogP contribution in [0.25, 0.3) is 22.0 Å². The van der Waals surface area contributed by atoms with Crippen LogP contribution >= 0.6 is 0 Å². The van der Waals surface area contributed by atoms with Crippen molar-refractivity contribution in [2.75, 3.05) is 11.5 Å². The van der Waals surface area contributed by atoms with Gasteiger partial charge in [-0.1, -0.05) is 0 Å². The van der Waals surface area contributed by atoms with E-state index in [-0.39, 0.29) is 11.5 Å².